The van der Waals surface area contributed by atoms with Crippen molar-refractivity contribution in [2.24, 2.45) is 0 Å². The van der Waals surface area contributed by atoms with Gasteiger partial charge < -0.3 is 25.6 Å². The number of unbranched alkanes of at least 4 members (excludes halogenated alkanes) is 9. The number of amides is 2. The van der Waals surface area contributed by atoms with Crippen molar-refractivity contribution in [3.8, 4) is 0 Å². The average Bonchev–Trinajstić information content (AvgIpc) is 3.05. The van der Waals surface area contributed by atoms with E-state index in [0.717, 1.165) is 89.9 Å². The van der Waals surface area contributed by atoms with Gasteiger partial charge in [-0.3, -0.25) is 14.4 Å². The third-order valence-electron chi connectivity index (χ3n) is 7.59. The zero-order chi connectivity index (χ0) is 34.8. The van der Waals surface area contributed by atoms with E-state index in [1.54, 1.807) is 0 Å². The minimum absolute atomic E-state index is 0.0613. The van der Waals surface area contributed by atoms with E-state index in [4.69, 9.17) is 14.9 Å². The molecule has 268 valence electrons. The molecule has 0 rings (SSSR count). The normalized spacial score (nSPS) is 13.1. The number of allylic oxidation sites excluding steroid dienone is 8. The third-order valence-corrected chi connectivity index (χ3v) is 7.59. The molecule has 47 heavy (non-hydrogen) atoms. The van der Waals surface area contributed by atoms with Gasteiger partial charge in [-0.05, 0) is 77.0 Å². The number of nitrogens with one attached hydrogen (secondary N) is 2. The number of hydrogen-bond donors (Lipinski definition) is 4. The second-order valence-corrected chi connectivity index (χ2v) is 11.9. The van der Waals surface area contributed by atoms with Crippen molar-refractivity contribution in [1.29, 1.82) is 0 Å². The second-order valence-electron chi connectivity index (χ2n) is 11.9. The van der Waals surface area contributed by atoms with Crippen molar-refractivity contribution in [2.75, 3.05) is 13.2 Å². The predicted molar refractivity (Wildman–Crippen MR) is 190 cm³/mol. The van der Waals surface area contributed by atoms with E-state index in [-0.39, 0.29) is 30.9 Å². The number of hydrogen-bond acceptors (Lipinski definition) is 6. The Bertz CT molecular complexity index is 942. The van der Waals surface area contributed by atoms with Gasteiger partial charge in [0.2, 0.25) is 11.8 Å². The molecule has 0 aromatic heterocycles. The summed E-state index contributed by atoms with van der Waals surface area (Å²) >= 11 is 0. The van der Waals surface area contributed by atoms with Crippen LogP contribution in [0.25, 0.3) is 0 Å². The summed E-state index contributed by atoms with van der Waals surface area (Å²) in [6.45, 7) is 3.28. The highest BCUT2D eigenvalue weighted by Gasteiger charge is 2.19. The molecule has 2 unspecified atom stereocenters. The minimum atomic E-state index is -1.39. The summed E-state index contributed by atoms with van der Waals surface area (Å²) in [5.41, 5.74) is 0. The van der Waals surface area contributed by atoms with E-state index in [1.807, 2.05) is 0 Å². The zero-order valence-corrected chi connectivity index (χ0v) is 29.3. The molecule has 0 aliphatic heterocycles. The summed E-state index contributed by atoms with van der Waals surface area (Å²) in [4.78, 5) is 47.2. The lowest BCUT2D eigenvalue weighted by molar-refractivity contribution is -0.150. The van der Waals surface area contributed by atoms with Crippen LogP contribution in [0.2, 0.25) is 0 Å². The van der Waals surface area contributed by atoms with Crippen LogP contribution in [-0.4, -0.2) is 59.3 Å². The number of carbonyl (C=O) groups excluding carboxylic acids is 3. The summed E-state index contributed by atoms with van der Waals surface area (Å²) in [6, 6.07) is -1.39. The molecule has 0 aliphatic rings. The van der Waals surface area contributed by atoms with E-state index >= 15 is 0 Å². The van der Waals surface area contributed by atoms with Crippen molar-refractivity contribution < 1.29 is 34.1 Å². The molecule has 0 radical (unpaired) electrons. The zero-order valence-electron chi connectivity index (χ0n) is 29.3. The molecule has 0 saturated carbocycles. The Morgan fingerprint density at radius 3 is 1.79 bits per heavy atom. The molecule has 2 amide bonds. The van der Waals surface area contributed by atoms with Gasteiger partial charge >= 0.3 is 11.9 Å². The Hall–Kier alpha value is -3.20. The molecular weight excluding hydrogens is 596 g/mol. The van der Waals surface area contributed by atoms with Crippen LogP contribution < -0.4 is 10.6 Å². The van der Waals surface area contributed by atoms with Crippen LogP contribution in [0.4, 0.5) is 0 Å². The van der Waals surface area contributed by atoms with Crippen molar-refractivity contribution in [2.45, 2.75) is 154 Å². The van der Waals surface area contributed by atoms with Crippen molar-refractivity contribution in [3.63, 3.8) is 0 Å². The van der Waals surface area contributed by atoms with Crippen molar-refractivity contribution in [3.05, 3.63) is 48.6 Å². The Labute approximate surface area is 284 Å². The number of carbonyl (C=O) groups is 4. The summed E-state index contributed by atoms with van der Waals surface area (Å²) in [5, 5.41) is 22.4. The highest BCUT2D eigenvalue weighted by Crippen LogP contribution is 2.17. The number of aliphatic hydroxyl groups excluding tert-OH is 1. The van der Waals surface area contributed by atoms with Gasteiger partial charge in [0.15, 0.2) is 0 Å². The maximum Gasteiger partial charge on any atom is 0.328 e. The van der Waals surface area contributed by atoms with E-state index < -0.39 is 24.5 Å². The number of ether oxygens (including phenoxy) is 1. The minimum Gasteiger partial charge on any atom is -0.480 e. The summed E-state index contributed by atoms with van der Waals surface area (Å²) in [5.74, 6) is -2.39. The molecule has 0 heterocycles. The van der Waals surface area contributed by atoms with Gasteiger partial charge in [0.25, 0.3) is 0 Å². The Balaban J connectivity index is 4.22. The Kier molecular flexibility index (Phi) is 30.5. The third kappa shape index (κ3) is 29.9. The second kappa shape index (κ2) is 32.7. The Morgan fingerprint density at radius 1 is 0.660 bits per heavy atom. The average molecular weight is 661 g/mol. The molecule has 0 aromatic carbocycles. The molecule has 2 atom stereocenters. The first kappa shape index (κ1) is 43.8. The van der Waals surface area contributed by atoms with Gasteiger partial charge in [-0.25, -0.2) is 4.79 Å². The van der Waals surface area contributed by atoms with Gasteiger partial charge in [0, 0.05) is 12.8 Å². The summed E-state index contributed by atoms with van der Waals surface area (Å²) in [7, 11) is 0. The molecule has 0 saturated heterocycles. The smallest absolute Gasteiger partial charge is 0.328 e. The lowest BCUT2D eigenvalue weighted by atomic mass is 10.0. The molecule has 0 aromatic rings. The molecule has 9 nitrogen and oxygen atoms in total. The predicted octanol–water partition coefficient (Wildman–Crippen LogP) is 7.64. The molecule has 9 heteroatoms. The highest BCUT2D eigenvalue weighted by atomic mass is 16.5. The Morgan fingerprint density at radius 2 is 1.21 bits per heavy atom. The van der Waals surface area contributed by atoms with Gasteiger partial charge in [-0.1, -0.05) is 101 Å². The molecule has 0 bridgehead atoms. The molecule has 4 N–H and O–H groups in total. The number of carboxylic acid groups (broad SMARTS) is 1. The van der Waals surface area contributed by atoms with Gasteiger partial charge in [-0.15, -0.1) is 0 Å². The van der Waals surface area contributed by atoms with Crippen LogP contribution in [0.3, 0.4) is 0 Å². The molecule has 0 fully saturated rings. The van der Waals surface area contributed by atoms with Crippen LogP contribution in [0, 0.1) is 0 Å². The van der Waals surface area contributed by atoms with Gasteiger partial charge in [0.1, 0.15) is 12.1 Å². The SMILES string of the molecule is CC/C=C\C/C=C\C/C=C\C/C=C\CCCCC(=O)OC(CCCCCCC)CCCCCCC(=O)NCC(=O)NC(CO)C(=O)O. The number of aliphatic hydroxyl groups is 1. The molecular formula is C38H64N2O7. The number of esters is 1. The quantitative estimate of drug-likeness (QED) is 0.0340. The summed E-state index contributed by atoms with van der Waals surface area (Å²) < 4.78 is 5.90. The van der Waals surface area contributed by atoms with Crippen LogP contribution in [0.5, 0.6) is 0 Å². The van der Waals surface area contributed by atoms with Gasteiger partial charge in [0.05, 0.1) is 13.2 Å². The fourth-order valence-corrected chi connectivity index (χ4v) is 4.82. The standard InChI is InChI=1S/C38H64N2O7/c1-3-5-7-9-10-11-12-13-14-15-16-17-18-20-26-30-37(44)47-33(27-23-19-8-6-4-2)28-24-21-22-25-29-35(42)39-31-36(43)40-34(32-41)38(45)46/h5,7,10-11,13-14,16-17,33-34,41H,3-4,6,8-9,12,15,18-32H2,1-2H3,(H,39,42)(H,40,43)(H,45,46)/b7-5-,11-10-,14-13-,17-16-. The first-order valence-electron chi connectivity index (χ1n) is 18.0. The van der Waals surface area contributed by atoms with E-state index in [0.29, 0.717) is 12.8 Å². The van der Waals surface area contributed by atoms with Crippen LogP contribution >= 0.6 is 0 Å². The highest BCUT2D eigenvalue weighted by molar-refractivity contribution is 5.87. The number of rotatable bonds is 31. The fraction of sp³-hybridized carbons (Fsp3) is 0.684. The molecule has 0 spiro atoms. The lowest BCUT2D eigenvalue weighted by Crippen LogP contribution is -2.47. The van der Waals surface area contributed by atoms with Gasteiger partial charge in [-0.2, -0.15) is 0 Å². The maximum atomic E-state index is 12.6. The maximum absolute atomic E-state index is 12.6. The van der Waals surface area contributed by atoms with E-state index in [9.17, 15) is 19.2 Å². The van der Waals surface area contributed by atoms with E-state index in [2.05, 4.69) is 73.1 Å². The van der Waals surface area contributed by atoms with Crippen molar-refractivity contribution in [1.82, 2.24) is 10.6 Å². The lowest BCUT2D eigenvalue weighted by Gasteiger charge is -2.18. The van der Waals surface area contributed by atoms with Crippen LogP contribution in [0.15, 0.2) is 48.6 Å². The largest absolute Gasteiger partial charge is 0.480 e. The van der Waals surface area contributed by atoms with Crippen molar-refractivity contribution >= 4 is 23.8 Å². The number of aliphatic carboxylic acids is 1. The van der Waals surface area contributed by atoms with E-state index in [1.165, 1.54) is 19.3 Å². The monoisotopic (exact) mass is 660 g/mol. The van der Waals surface area contributed by atoms with Crippen LogP contribution in [0.1, 0.15) is 142 Å². The first-order valence-corrected chi connectivity index (χ1v) is 18.0. The number of carboxylic acids is 1. The fourth-order valence-electron chi connectivity index (χ4n) is 4.82. The topological polar surface area (TPSA) is 142 Å². The summed E-state index contributed by atoms with van der Waals surface area (Å²) in [6.07, 6.45) is 35.8. The van der Waals surface area contributed by atoms with Crippen LogP contribution in [-0.2, 0) is 23.9 Å². The molecule has 0 aliphatic carbocycles. The first-order chi connectivity index (χ1) is 22.8.